The predicted molar refractivity (Wildman–Crippen MR) is 154 cm³/mol. The third-order valence-electron chi connectivity index (χ3n) is 5.98. The van der Waals surface area contributed by atoms with Gasteiger partial charge >= 0.3 is 0 Å². The fourth-order valence-corrected chi connectivity index (χ4v) is 5.11. The third kappa shape index (κ3) is 8.39. The van der Waals surface area contributed by atoms with Gasteiger partial charge in [0.1, 0.15) is 11.5 Å². The lowest BCUT2D eigenvalue weighted by Gasteiger charge is -2.20. The van der Waals surface area contributed by atoms with Crippen molar-refractivity contribution >= 4 is 22.3 Å². The summed E-state index contributed by atoms with van der Waals surface area (Å²) in [5.41, 5.74) is 8.48. The second kappa shape index (κ2) is 15.1. The molecular weight excluding hydrogens is 484 g/mol. The molecule has 2 aromatic carbocycles. The zero-order valence-corrected chi connectivity index (χ0v) is 23.1. The number of anilines is 1. The molecule has 7 nitrogen and oxygen atoms in total. The summed E-state index contributed by atoms with van der Waals surface area (Å²) in [5.74, 6) is 1.75. The number of aryl methyl sites for hydroxylation is 1. The molecule has 200 valence electrons. The van der Waals surface area contributed by atoms with E-state index < -0.39 is 0 Å². The molecule has 0 spiro atoms. The Bertz CT molecular complexity index is 1090. The summed E-state index contributed by atoms with van der Waals surface area (Å²) in [5, 5.41) is 12.9. The molecule has 0 fully saturated rings. The number of nitrogens with two attached hydrogens (primary N) is 1. The van der Waals surface area contributed by atoms with E-state index in [1.807, 2.05) is 35.6 Å². The fraction of sp³-hybridized carbons (Fsp3) is 0.448. The summed E-state index contributed by atoms with van der Waals surface area (Å²) in [6.45, 7) is 10.1. The highest BCUT2D eigenvalue weighted by Gasteiger charge is 2.16. The molecule has 1 aromatic heterocycles. The average molecular weight is 525 g/mol. The van der Waals surface area contributed by atoms with Crippen LogP contribution < -0.4 is 20.1 Å². The highest BCUT2D eigenvalue weighted by Crippen LogP contribution is 2.34. The Morgan fingerprint density at radius 2 is 1.46 bits per heavy atom. The van der Waals surface area contributed by atoms with E-state index >= 15 is 0 Å². The van der Waals surface area contributed by atoms with Crippen LogP contribution in [-0.2, 0) is 6.42 Å². The first-order valence-corrected chi connectivity index (χ1v) is 14.1. The van der Waals surface area contributed by atoms with Crippen molar-refractivity contribution < 1.29 is 14.7 Å². The van der Waals surface area contributed by atoms with Gasteiger partial charge in [-0.25, -0.2) is 4.98 Å². The topological polar surface area (TPSA) is 93.2 Å². The third-order valence-corrected chi connectivity index (χ3v) is 7.24. The van der Waals surface area contributed by atoms with Gasteiger partial charge in [0.25, 0.3) is 0 Å². The van der Waals surface area contributed by atoms with Crippen molar-refractivity contribution in [1.29, 1.82) is 0 Å². The van der Waals surface area contributed by atoms with Crippen molar-refractivity contribution in [1.82, 2.24) is 4.98 Å². The summed E-state index contributed by atoms with van der Waals surface area (Å²) in [6, 6.07) is 15.5. The van der Waals surface area contributed by atoms with Gasteiger partial charge in [0.15, 0.2) is 11.0 Å². The lowest BCUT2D eigenvalue weighted by atomic mass is 10.1. The minimum atomic E-state index is 0.0883. The van der Waals surface area contributed by atoms with Gasteiger partial charge in [0.2, 0.25) is 0 Å². The summed E-state index contributed by atoms with van der Waals surface area (Å²) in [4.78, 5) is 8.78. The van der Waals surface area contributed by atoms with Crippen molar-refractivity contribution in [2.24, 2.45) is 10.9 Å². The second-order valence-electron chi connectivity index (χ2n) is 8.90. The Morgan fingerprint density at radius 3 is 1.97 bits per heavy atom. The lowest BCUT2D eigenvalue weighted by molar-refractivity contribution is 0.279. The van der Waals surface area contributed by atoms with Gasteiger partial charge in [0.05, 0.1) is 18.9 Å². The zero-order valence-electron chi connectivity index (χ0n) is 22.3. The number of aromatic nitrogens is 1. The highest BCUT2D eigenvalue weighted by atomic mass is 32.1. The Hall–Kier alpha value is -3.26. The van der Waals surface area contributed by atoms with Gasteiger partial charge in [-0.15, -0.1) is 11.3 Å². The summed E-state index contributed by atoms with van der Waals surface area (Å²) >= 11 is 1.83. The molecule has 37 heavy (non-hydrogen) atoms. The molecule has 0 aliphatic carbocycles. The fourth-order valence-electron chi connectivity index (χ4n) is 4.03. The molecular formula is C29H40N4O3S. The molecule has 0 radical (unpaired) electrons. The first kappa shape index (κ1) is 28.3. The van der Waals surface area contributed by atoms with Crippen LogP contribution in [0.15, 0.2) is 53.7 Å². The van der Waals surface area contributed by atoms with Gasteiger partial charge in [-0.3, -0.25) is 0 Å². The predicted octanol–water partition coefficient (Wildman–Crippen LogP) is 6.72. The number of oxime groups is 1. The van der Waals surface area contributed by atoms with Crippen LogP contribution in [0.5, 0.6) is 11.5 Å². The zero-order chi connectivity index (χ0) is 26.5. The Kier molecular flexibility index (Phi) is 11.6. The molecule has 1 heterocycles. The van der Waals surface area contributed by atoms with E-state index in [9.17, 15) is 0 Å². The van der Waals surface area contributed by atoms with Crippen molar-refractivity contribution in [2.45, 2.75) is 59.3 Å². The highest BCUT2D eigenvalue weighted by molar-refractivity contribution is 7.16. The van der Waals surface area contributed by atoms with Crippen LogP contribution >= 0.6 is 11.3 Å². The van der Waals surface area contributed by atoms with Crippen LogP contribution in [0.4, 0.5) is 5.13 Å². The first-order valence-electron chi connectivity index (χ1n) is 13.3. The van der Waals surface area contributed by atoms with Crippen LogP contribution in [0.2, 0.25) is 0 Å². The molecule has 0 saturated carbocycles. The molecule has 0 saturated heterocycles. The van der Waals surface area contributed by atoms with Crippen LogP contribution in [0.25, 0.3) is 11.3 Å². The SMILES string of the molecule is CCCN(CCC)c1nc(-c2ccc(OCCCCCOc3ccc(C(N)=NO)cc3)cc2)c(CC)s1. The Morgan fingerprint density at radius 1 is 0.892 bits per heavy atom. The monoisotopic (exact) mass is 524 g/mol. The minimum absolute atomic E-state index is 0.0883. The standard InChI is InChI=1S/C29H40N4O3S/c1-4-18-33(19-5-2)29-31-27(26(6-3)37-29)22-10-14-24(15-11-22)35-20-8-7-9-21-36-25-16-12-23(13-17-25)28(30)32-34/h10-17,34H,4-9,18-21H2,1-3H3,(H2,30,32). The van der Waals surface area contributed by atoms with Gasteiger partial charge in [-0.2, -0.15) is 0 Å². The van der Waals surface area contributed by atoms with E-state index in [2.05, 4.69) is 43.0 Å². The van der Waals surface area contributed by atoms with Gasteiger partial charge in [-0.05, 0) is 87.1 Å². The van der Waals surface area contributed by atoms with E-state index in [0.717, 1.165) is 79.5 Å². The minimum Gasteiger partial charge on any atom is -0.494 e. The van der Waals surface area contributed by atoms with Gasteiger partial charge in [0, 0.05) is 29.1 Å². The Labute approximate surface area is 224 Å². The van der Waals surface area contributed by atoms with E-state index in [1.165, 1.54) is 4.88 Å². The van der Waals surface area contributed by atoms with E-state index in [1.54, 1.807) is 12.1 Å². The molecule has 0 unspecified atom stereocenters. The number of thiazole rings is 1. The van der Waals surface area contributed by atoms with Crippen molar-refractivity contribution in [2.75, 3.05) is 31.2 Å². The number of amidine groups is 1. The summed E-state index contributed by atoms with van der Waals surface area (Å²) in [7, 11) is 0. The number of rotatable bonds is 16. The molecule has 3 rings (SSSR count). The molecule has 0 aliphatic rings. The summed E-state index contributed by atoms with van der Waals surface area (Å²) in [6.07, 6.45) is 6.17. The van der Waals surface area contributed by atoms with Crippen LogP contribution in [0, 0.1) is 0 Å². The summed E-state index contributed by atoms with van der Waals surface area (Å²) < 4.78 is 11.7. The second-order valence-corrected chi connectivity index (χ2v) is 9.96. The smallest absolute Gasteiger partial charge is 0.186 e. The number of unbranched alkanes of at least 4 members (excludes halogenated alkanes) is 2. The molecule has 0 amide bonds. The van der Waals surface area contributed by atoms with E-state index in [4.69, 9.17) is 25.4 Å². The average Bonchev–Trinajstić information content (AvgIpc) is 3.37. The largest absolute Gasteiger partial charge is 0.494 e. The van der Waals surface area contributed by atoms with Crippen LogP contribution in [0.1, 0.15) is 63.3 Å². The molecule has 0 atom stereocenters. The van der Waals surface area contributed by atoms with E-state index in [0.29, 0.717) is 18.8 Å². The normalized spacial score (nSPS) is 11.5. The van der Waals surface area contributed by atoms with Crippen molar-refractivity contribution in [3.63, 3.8) is 0 Å². The molecule has 0 bridgehead atoms. The van der Waals surface area contributed by atoms with Crippen molar-refractivity contribution in [3.8, 4) is 22.8 Å². The molecule has 0 aliphatic heterocycles. The van der Waals surface area contributed by atoms with Gasteiger partial charge in [-0.1, -0.05) is 25.9 Å². The number of ether oxygens (including phenoxy) is 2. The van der Waals surface area contributed by atoms with Gasteiger partial charge < -0.3 is 25.3 Å². The number of benzene rings is 2. The molecule has 8 heteroatoms. The number of hydrogen-bond acceptors (Lipinski definition) is 7. The molecule has 3 aromatic rings. The first-order chi connectivity index (χ1) is 18.1. The number of nitrogens with zero attached hydrogens (tertiary/aromatic N) is 3. The van der Waals surface area contributed by atoms with E-state index in [-0.39, 0.29) is 5.84 Å². The molecule has 3 N–H and O–H groups in total. The maximum absolute atomic E-state index is 8.72. The maximum Gasteiger partial charge on any atom is 0.186 e. The van der Waals surface area contributed by atoms with Crippen LogP contribution in [0.3, 0.4) is 0 Å². The quantitative estimate of drug-likeness (QED) is 0.0710. The Balaban J connectivity index is 1.42. The number of hydrogen-bond donors (Lipinski definition) is 2. The van der Waals surface area contributed by atoms with Crippen molar-refractivity contribution in [3.05, 3.63) is 59.0 Å². The van der Waals surface area contributed by atoms with Crippen LogP contribution in [-0.4, -0.2) is 42.3 Å². The maximum atomic E-state index is 8.72. The lowest BCUT2D eigenvalue weighted by Crippen LogP contribution is -2.24.